The third-order valence-electron chi connectivity index (χ3n) is 3.58. The van der Waals surface area contributed by atoms with Crippen LogP contribution in [-0.4, -0.2) is 33.8 Å². The van der Waals surface area contributed by atoms with Gasteiger partial charge in [0.2, 0.25) is 5.91 Å². The van der Waals surface area contributed by atoms with Gasteiger partial charge in [0.15, 0.2) is 0 Å². The minimum atomic E-state index is -0.865. The zero-order valence-electron chi connectivity index (χ0n) is 12.8. The molecule has 4 amide bonds. The number of hydrogen-bond acceptors (Lipinski definition) is 5. The maximum absolute atomic E-state index is 12.3. The Hall–Kier alpha value is -3.16. The fourth-order valence-corrected chi connectivity index (χ4v) is 2.37. The van der Waals surface area contributed by atoms with Crippen LogP contribution in [0.1, 0.15) is 17.9 Å². The number of hydrogen-bond donors (Lipinski definition) is 2. The number of urea groups is 1. The number of pyridine rings is 1. The lowest BCUT2D eigenvalue weighted by atomic mass is 10.2. The molecule has 1 atom stereocenters. The second kappa shape index (κ2) is 6.95. The molecule has 8 heteroatoms. The molecule has 1 saturated heterocycles. The van der Waals surface area contributed by atoms with E-state index in [1.54, 1.807) is 30.5 Å². The van der Waals surface area contributed by atoms with E-state index in [-0.39, 0.29) is 25.4 Å². The predicted octanol–water partition coefficient (Wildman–Crippen LogP) is 0.801. The van der Waals surface area contributed by atoms with Gasteiger partial charge in [-0.05, 0) is 24.3 Å². The summed E-state index contributed by atoms with van der Waals surface area (Å²) in [5.74, 6) is -0.276. The average Bonchev–Trinajstić information content (AvgIpc) is 3.18. The van der Waals surface area contributed by atoms with Gasteiger partial charge in [0.1, 0.15) is 11.8 Å². The van der Waals surface area contributed by atoms with E-state index in [1.165, 1.54) is 6.26 Å². The molecule has 1 aliphatic rings. The van der Waals surface area contributed by atoms with Gasteiger partial charge in [-0.25, -0.2) is 4.79 Å². The highest BCUT2D eigenvalue weighted by Gasteiger charge is 2.39. The van der Waals surface area contributed by atoms with Crippen LogP contribution in [0.25, 0.3) is 0 Å². The molecule has 8 nitrogen and oxygen atoms in total. The number of amides is 4. The fourth-order valence-electron chi connectivity index (χ4n) is 2.37. The van der Waals surface area contributed by atoms with Crippen LogP contribution in [0.2, 0.25) is 0 Å². The third kappa shape index (κ3) is 3.60. The van der Waals surface area contributed by atoms with E-state index in [4.69, 9.17) is 4.42 Å². The zero-order chi connectivity index (χ0) is 16.9. The summed E-state index contributed by atoms with van der Waals surface area (Å²) >= 11 is 0. The highest BCUT2D eigenvalue weighted by Crippen LogP contribution is 2.14. The molecule has 0 unspecified atom stereocenters. The Kier molecular flexibility index (Phi) is 4.55. The minimum Gasteiger partial charge on any atom is -0.467 e. The normalized spacial score (nSPS) is 17.0. The molecular formula is C16H16N4O4. The maximum Gasteiger partial charge on any atom is 0.325 e. The Bertz CT molecular complexity index is 730. The molecule has 1 fully saturated rings. The molecule has 2 aromatic rings. The average molecular weight is 328 g/mol. The standard InChI is InChI=1S/C16H16N4O4/c21-14(18-9-11-4-1-2-6-17-11)8-13-15(22)20(16(23)19-13)10-12-5-3-7-24-12/h1-7,13H,8-10H2,(H,18,21)(H,19,23)/t13-/m0/s1. The van der Waals surface area contributed by atoms with Gasteiger partial charge in [0.25, 0.3) is 5.91 Å². The summed E-state index contributed by atoms with van der Waals surface area (Å²) in [6.45, 7) is 0.314. The Balaban J connectivity index is 1.52. The van der Waals surface area contributed by atoms with Crippen LogP contribution in [0.5, 0.6) is 0 Å². The first kappa shape index (κ1) is 15.7. The molecule has 1 aliphatic heterocycles. The lowest BCUT2D eigenvalue weighted by molar-refractivity contribution is -0.131. The summed E-state index contributed by atoms with van der Waals surface area (Å²) in [6.07, 6.45) is 2.98. The van der Waals surface area contributed by atoms with Crippen molar-refractivity contribution < 1.29 is 18.8 Å². The van der Waals surface area contributed by atoms with Crippen LogP contribution < -0.4 is 10.6 Å². The van der Waals surface area contributed by atoms with E-state index in [0.29, 0.717) is 11.5 Å². The first-order valence-corrected chi connectivity index (χ1v) is 7.44. The summed E-state index contributed by atoms with van der Waals surface area (Å²) in [7, 11) is 0. The van der Waals surface area contributed by atoms with Gasteiger partial charge in [-0.2, -0.15) is 0 Å². The fraction of sp³-hybridized carbons (Fsp3) is 0.250. The van der Waals surface area contributed by atoms with Crippen molar-refractivity contribution in [2.45, 2.75) is 25.6 Å². The van der Waals surface area contributed by atoms with Crippen LogP contribution in [0.15, 0.2) is 47.2 Å². The second-order valence-corrected chi connectivity index (χ2v) is 5.31. The summed E-state index contributed by atoms with van der Waals surface area (Å²) in [5, 5.41) is 5.19. The van der Waals surface area contributed by atoms with Gasteiger partial charge < -0.3 is 15.1 Å². The summed E-state index contributed by atoms with van der Waals surface area (Å²) in [6, 6.07) is 7.35. The van der Waals surface area contributed by atoms with Crippen LogP contribution in [-0.2, 0) is 22.7 Å². The van der Waals surface area contributed by atoms with Crippen molar-refractivity contribution in [3.63, 3.8) is 0 Å². The molecular weight excluding hydrogens is 312 g/mol. The summed E-state index contributed by atoms with van der Waals surface area (Å²) < 4.78 is 5.14. The third-order valence-corrected chi connectivity index (χ3v) is 3.58. The summed E-state index contributed by atoms with van der Waals surface area (Å²) in [5.41, 5.74) is 0.715. The molecule has 2 N–H and O–H groups in total. The van der Waals surface area contributed by atoms with Crippen molar-refractivity contribution in [3.8, 4) is 0 Å². The molecule has 124 valence electrons. The number of nitrogens with one attached hydrogen (secondary N) is 2. The van der Waals surface area contributed by atoms with Gasteiger partial charge in [0.05, 0.1) is 31.5 Å². The molecule has 0 aliphatic carbocycles. The van der Waals surface area contributed by atoms with Crippen LogP contribution in [0.3, 0.4) is 0 Å². The molecule has 0 radical (unpaired) electrons. The van der Waals surface area contributed by atoms with E-state index < -0.39 is 18.0 Å². The smallest absolute Gasteiger partial charge is 0.325 e. The monoisotopic (exact) mass is 328 g/mol. The van der Waals surface area contributed by atoms with E-state index in [1.807, 2.05) is 6.07 Å². The lowest BCUT2D eigenvalue weighted by Gasteiger charge is -2.11. The topological polar surface area (TPSA) is 105 Å². The first-order valence-electron chi connectivity index (χ1n) is 7.44. The maximum atomic E-state index is 12.3. The van der Waals surface area contributed by atoms with Crippen LogP contribution >= 0.6 is 0 Å². The minimum absolute atomic E-state index is 0.0454. The van der Waals surface area contributed by atoms with Gasteiger partial charge in [-0.3, -0.25) is 19.5 Å². The molecule has 0 saturated carbocycles. The molecule has 3 heterocycles. The van der Waals surface area contributed by atoms with Crippen LogP contribution in [0, 0.1) is 0 Å². The van der Waals surface area contributed by atoms with Gasteiger partial charge in [-0.15, -0.1) is 0 Å². The van der Waals surface area contributed by atoms with Crippen LogP contribution in [0.4, 0.5) is 4.79 Å². The zero-order valence-corrected chi connectivity index (χ0v) is 12.8. The molecule has 0 aromatic carbocycles. The first-order chi connectivity index (χ1) is 11.6. The molecule has 2 aromatic heterocycles. The Morgan fingerprint density at radius 3 is 2.88 bits per heavy atom. The number of nitrogens with zero attached hydrogens (tertiary/aromatic N) is 2. The van der Waals surface area contributed by atoms with E-state index in [2.05, 4.69) is 15.6 Å². The van der Waals surface area contributed by atoms with Crippen molar-refractivity contribution >= 4 is 17.8 Å². The van der Waals surface area contributed by atoms with Crippen molar-refractivity contribution in [1.29, 1.82) is 0 Å². The highest BCUT2D eigenvalue weighted by atomic mass is 16.3. The van der Waals surface area contributed by atoms with Gasteiger partial charge in [0, 0.05) is 6.20 Å². The Labute approximate surface area is 137 Å². The second-order valence-electron chi connectivity index (χ2n) is 5.31. The van der Waals surface area contributed by atoms with E-state index in [9.17, 15) is 14.4 Å². The lowest BCUT2D eigenvalue weighted by Crippen LogP contribution is -2.36. The number of carbonyl (C=O) groups excluding carboxylic acids is 3. The number of aromatic nitrogens is 1. The van der Waals surface area contributed by atoms with Crippen molar-refractivity contribution in [2.24, 2.45) is 0 Å². The molecule has 0 bridgehead atoms. The number of furan rings is 1. The summed E-state index contributed by atoms with van der Waals surface area (Å²) in [4.78, 5) is 41.3. The highest BCUT2D eigenvalue weighted by molar-refractivity contribution is 6.05. The number of imide groups is 1. The molecule has 0 spiro atoms. The van der Waals surface area contributed by atoms with Gasteiger partial charge >= 0.3 is 6.03 Å². The Morgan fingerprint density at radius 2 is 2.17 bits per heavy atom. The van der Waals surface area contributed by atoms with Crippen molar-refractivity contribution in [3.05, 3.63) is 54.2 Å². The number of rotatable bonds is 6. The van der Waals surface area contributed by atoms with Crippen molar-refractivity contribution in [2.75, 3.05) is 0 Å². The van der Waals surface area contributed by atoms with E-state index in [0.717, 1.165) is 4.90 Å². The van der Waals surface area contributed by atoms with E-state index >= 15 is 0 Å². The largest absolute Gasteiger partial charge is 0.467 e. The molecule has 3 rings (SSSR count). The van der Waals surface area contributed by atoms with Gasteiger partial charge in [-0.1, -0.05) is 6.07 Å². The predicted molar refractivity (Wildman–Crippen MR) is 82.3 cm³/mol. The Morgan fingerprint density at radius 1 is 1.29 bits per heavy atom. The SMILES string of the molecule is O=C(C[C@@H]1NC(=O)N(Cc2ccco2)C1=O)NCc1ccccn1. The molecule has 24 heavy (non-hydrogen) atoms. The quantitative estimate of drug-likeness (QED) is 0.763. The number of carbonyl (C=O) groups is 3. The van der Waals surface area contributed by atoms with Crippen molar-refractivity contribution in [1.82, 2.24) is 20.5 Å².